The average Bonchev–Trinajstić information content (AvgIpc) is 2.89. The molecule has 0 radical (unpaired) electrons. The van der Waals surface area contributed by atoms with Gasteiger partial charge in [0.2, 0.25) is 5.91 Å². The second kappa shape index (κ2) is 7.61. The molecule has 9 heteroatoms. The van der Waals surface area contributed by atoms with Crippen molar-refractivity contribution in [3.8, 4) is 0 Å². The molecular formula is C16H18N2O4S3. The van der Waals surface area contributed by atoms with Crippen molar-refractivity contribution < 1.29 is 24.4 Å². The lowest BCUT2D eigenvalue weighted by molar-refractivity contribution is -0.692. The van der Waals surface area contributed by atoms with Crippen LogP contribution in [0.15, 0.2) is 39.4 Å². The molecule has 1 fully saturated rings. The first-order valence-corrected chi connectivity index (χ1v) is 10.8. The summed E-state index contributed by atoms with van der Waals surface area (Å²) in [5.41, 5.74) is -0.0513. The maximum Gasteiger partial charge on any atom is 0.236 e. The molecule has 2 aliphatic heterocycles. The van der Waals surface area contributed by atoms with Gasteiger partial charge in [-0.1, -0.05) is 11.8 Å². The Labute approximate surface area is 158 Å². The molecule has 25 heavy (non-hydrogen) atoms. The van der Waals surface area contributed by atoms with E-state index in [1.165, 1.54) is 33.3 Å². The quantitative estimate of drug-likeness (QED) is 0.401. The number of pyridine rings is 1. The largest absolute Gasteiger partial charge is 0.543 e. The Bertz CT molecular complexity index is 721. The second-order valence-corrected chi connectivity index (χ2v) is 9.10. The van der Waals surface area contributed by atoms with Crippen LogP contribution < -0.4 is 9.67 Å². The molecule has 3 heterocycles. The van der Waals surface area contributed by atoms with E-state index in [4.69, 9.17) is 0 Å². The van der Waals surface area contributed by atoms with Gasteiger partial charge in [0, 0.05) is 17.0 Å². The number of carbonyl (C=O) groups excluding carboxylic acids is 2. The number of carbonyl (C=O) groups is 2. The fourth-order valence-electron chi connectivity index (χ4n) is 2.81. The number of carboxylic acid groups (broad SMARTS) is 1. The van der Waals surface area contributed by atoms with Gasteiger partial charge in [0.25, 0.3) is 0 Å². The minimum absolute atomic E-state index is 0.0513. The number of nitrogens with zero attached hydrogens (tertiary/aromatic N) is 2. The fraction of sp³-hybridized carbons (Fsp3) is 0.438. The van der Waals surface area contributed by atoms with Gasteiger partial charge in [0.1, 0.15) is 5.37 Å². The van der Waals surface area contributed by atoms with Gasteiger partial charge < -0.3 is 15.0 Å². The zero-order valence-electron chi connectivity index (χ0n) is 13.7. The van der Waals surface area contributed by atoms with E-state index in [0.717, 1.165) is 6.54 Å². The number of amides is 1. The van der Waals surface area contributed by atoms with Crippen molar-refractivity contribution in [2.75, 3.05) is 12.0 Å². The topological polar surface area (TPSA) is 84.5 Å². The summed E-state index contributed by atoms with van der Waals surface area (Å²) < 4.78 is 2.62. The van der Waals surface area contributed by atoms with Crippen LogP contribution in [-0.2, 0) is 16.1 Å². The van der Waals surface area contributed by atoms with E-state index >= 15 is 0 Å². The maximum atomic E-state index is 12.1. The van der Waals surface area contributed by atoms with Crippen molar-refractivity contribution in [2.45, 2.75) is 29.8 Å². The molecule has 1 N–H and O–H groups in total. The number of aliphatic hydroxyl groups excluding tert-OH is 1. The van der Waals surface area contributed by atoms with Gasteiger partial charge in [0.15, 0.2) is 18.9 Å². The minimum Gasteiger partial charge on any atom is -0.543 e. The van der Waals surface area contributed by atoms with Crippen molar-refractivity contribution >= 4 is 47.2 Å². The summed E-state index contributed by atoms with van der Waals surface area (Å²) in [6, 6.07) is 4.06. The molecule has 1 saturated heterocycles. The lowest BCUT2D eigenvalue weighted by Gasteiger charge is -2.44. The van der Waals surface area contributed by atoms with E-state index < -0.39 is 18.0 Å². The molecule has 0 bridgehead atoms. The van der Waals surface area contributed by atoms with Crippen LogP contribution in [0.3, 0.4) is 0 Å². The number of rotatable bonds is 7. The first-order chi connectivity index (χ1) is 11.9. The highest BCUT2D eigenvalue weighted by Crippen LogP contribution is 2.53. The number of carboxylic acids is 1. The first kappa shape index (κ1) is 18.6. The van der Waals surface area contributed by atoms with Crippen LogP contribution in [-0.4, -0.2) is 45.4 Å². The highest BCUT2D eigenvalue weighted by Gasteiger charge is 2.56. The van der Waals surface area contributed by atoms with E-state index in [9.17, 15) is 19.8 Å². The summed E-state index contributed by atoms with van der Waals surface area (Å²) in [5.74, 6) is -1.56. The predicted molar refractivity (Wildman–Crippen MR) is 96.3 cm³/mol. The third-order valence-corrected chi connectivity index (χ3v) is 7.52. The van der Waals surface area contributed by atoms with E-state index in [0.29, 0.717) is 9.99 Å². The lowest BCUT2D eigenvalue weighted by Crippen LogP contribution is -2.61. The Morgan fingerprint density at radius 3 is 2.72 bits per heavy atom. The maximum absolute atomic E-state index is 12.1. The number of β-lactam (4-membered cyclic amide) rings is 1. The average molecular weight is 399 g/mol. The van der Waals surface area contributed by atoms with Crippen LogP contribution in [0.4, 0.5) is 0 Å². The number of aryl methyl sites for hydroxylation is 1. The molecule has 3 rings (SSSR count). The summed E-state index contributed by atoms with van der Waals surface area (Å²) in [4.78, 5) is 26.0. The van der Waals surface area contributed by atoms with Gasteiger partial charge in [-0.2, -0.15) is 0 Å². The highest BCUT2D eigenvalue weighted by atomic mass is 32.2. The zero-order valence-corrected chi connectivity index (χ0v) is 16.2. The summed E-state index contributed by atoms with van der Waals surface area (Å²) in [6.07, 6.45) is 5.20. The van der Waals surface area contributed by atoms with Crippen molar-refractivity contribution in [1.29, 1.82) is 0 Å². The Balaban J connectivity index is 1.65. The molecule has 0 saturated carbocycles. The number of hydrogen-bond donors (Lipinski definition) is 1. The number of fused-ring (bicyclic) bond motifs is 1. The molecule has 134 valence electrons. The zero-order chi connectivity index (χ0) is 18.1. The van der Waals surface area contributed by atoms with Gasteiger partial charge in [0.05, 0.1) is 33.7 Å². The Kier molecular flexibility index (Phi) is 5.67. The molecule has 2 aliphatic rings. The molecule has 6 nitrogen and oxygen atoms in total. The van der Waals surface area contributed by atoms with E-state index in [1.807, 2.05) is 35.3 Å². The van der Waals surface area contributed by atoms with Gasteiger partial charge in [-0.05, 0) is 13.2 Å². The predicted octanol–water partition coefficient (Wildman–Crippen LogP) is 0.260. The molecule has 3 atom stereocenters. The van der Waals surface area contributed by atoms with Crippen molar-refractivity contribution in [3.63, 3.8) is 0 Å². The Morgan fingerprint density at radius 2 is 2.16 bits per heavy atom. The van der Waals surface area contributed by atoms with Gasteiger partial charge in [-0.15, -0.1) is 23.5 Å². The second-order valence-electron chi connectivity index (χ2n) is 5.73. The number of aliphatic hydroxyl groups is 1. The third-order valence-electron chi connectivity index (χ3n) is 4.14. The van der Waals surface area contributed by atoms with Crippen LogP contribution in [0.25, 0.3) is 0 Å². The van der Waals surface area contributed by atoms with Crippen LogP contribution in [0.5, 0.6) is 0 Å². The molecule has 0 unspecified atom stereocenters. The number of hydrogen-bond acceptors (Lipinski definition) is 7. The highest BCUT2D eigenvalue weighted by molar-refractivity contribution is 8.22. The van der Waals surface area contributed by atoms with Crippen LogP contribution >= 0.6 is 35.3 Å². The third kappa shape index (κ3) is 3.55. The Morgan fingerprint density at radius 1 is 1.48 bits per heavy atom. The van der Waals surface area contributed by atoms with Crippen molar-refractivity contribution in [1.82, 2.24) is 4.90 Å². The summed E-state index contributed by atoms with van der Waals surface area (Å²) in [6.45, 7) is 2.28. The van der Waals surface area contributed by atoms with Gasteiger partial charge >= 0.3 is 0 Å². The number of aliphatic carboxylic acids is 1. The monoisotopic (exact) mass is 398 g/mol. The van der Waals surface area contributed by atoms with E-state index in [2.05, 4.69) is 0 Å². The van der Waals surface area contributed by atoms with Crippen LogP contribution in [0.2, 0.25) is 0 Å². The molecule has 0 spiro atoms. The molecule has 1 aromatic rings. The summed E-state index contributed by atoms with van der Waals surface area (Å²) >= 11 is 4.42. The molecule has 1 aromatic heterocycles. The minimum atomic E-state index is -1.34. The first-order valence-electron chi connectivity index (χ1n) is 7.73. The smallest absolute Gasteiger partial charge is 0.236 e. The Hall–Kier alpha value is -1.16. The normalized spacial score (nSPS) is 23.5. The molecule has 0 aliphatic carbocycles. The summed E-state index contributed by atoms with van der Waals surface area (Å²) in [7, 11) is 0. The standard InChI is InChI=1S/C16H18N2O4S3/c1-9(19)11-13(20)18-12(15(21)22)16(25-14(11)18)24-8-7-17-5-3-10(23-2)4-6-17/h3-6,9,11,14,19H,7-8H2,1-2H3/t9-,11+,14-/m1/s1. The molecular weight excluding hydrogens is 380 g/mol. The molecule has 0 aromatic carbocycles. The van der Waals surface area contributed by atoms with E-state index in [-0.39, 0.29) is 17.0 Å². The molecule has 1 amide bonds. The van der Waals surface area contributed by atoms with Gasteiger partial charge in [-0.3, -0.25) is 9.69 Å². The van der Waals surface area contributed by atoms with Crippen LogP contribution in [0.1, 0.15) is 6.92 Å². The van der Waals surface area contributed by atoms with Crippen LogP contribution in [0, 0.1) is 5.92 Å². The van der Waals surface area contributed by atoms with Crippen molar-refractivity contribution in [2.24, 2.45) is 5.92 Å². The number of thioether (sulfide) groups is 3. The van der Waals surface area contributed by atoms with Gasteiger partial charge in [-0.25, -0.2) is 4.57 Å². The SMILES string of the molecule is CSc1cc[n+](CCSC2=C(C(=O)[O-])N3C(=O)[C@H]([C@@H](C)O)[C@H]3S2)cc1. The fourth-order valence-corrected chi connectivity index (χ4v) is 6.15. The summed E-state index contributed by atoms with van der Waals surface area (Å²) in [5, 5.41) is 20.8. The van der Waals surface area contributed by atoms with E-state index in [1.54, 1.807) is 18.7 Å². The number of aromatic nitrogens is 1. The van der Waals surface area contributed by atoms with Crippen molar-refractivity contribution in [3.05, 3.63) is 34.5 Å². The lowest BCUT2D eigenvalue weighted by atomic mass is 9.92.